The quantitative estimate of drug-likeness (QED) is 0.563. The monoisotopic (exact) mass is 391 g/mol. The number of aryl methyl sites for hydroxylation is 1. The van der Waals surface area contributed by atoms with Gasteiger partial charge in [0.1, 0.15) is 0 Å². The van der Waals surface area contributed by atoms with Gasteiger partial charge in [-0.3, -0.25) is 0 Å². The fourth-order valence-electron chi connectivity index (χ4n) is 3.46. The summed E-state index contributed by atoms with van der Waals surface area (Å²) in [6, 6.07) is 2.73. The lowest BCUT2D eigenvalue weighted by Gasteiger charge is -2.38. The first-order chi connectivity index (χ1) is 10.0. The molecule has 120 valence electrons. The fraction of sp³-hybridized carbons (Fsp3) is 0.765. The van der Waals surface area contributed by atoms with Crippen LogP contribution < -0.4 is 5.32 Å². The molecule has 1 heterocycles. The van der Waals surface area contributed by atoms with E-state index in [1.54, 1.807) is 11.3 Å². The van der Waals surface area contributed by atoms with Crippen molar-refractivity contribution < 1.29 is 0 Å². The molecule has 0 radical (unpaired) electrons. The molecule has 1 aliphatic carbocycles. The van der Waals surface area contributed by atoms with Gasteiger partial charge in [0.25, 0.3) is 0 Å². The van der Waals surface area contributed by atoms with Crippen LogP contribution in [-0.2, 0) is 6.42 Å². The van der Waals surface area contributed by atoms with Crippen molar-refractivity contribution in [3.63, 3.8) is 0 Å². The van der Waals surface area contributed by atoms with Crippen molar-refractivity contribution >= 4 is 38.9 Å². The minimum atomic E-state index is 0.559. The van der Waals surface area contributed by atoms with E-state index in [0.29, 0.717) is 11.5 Å². The maximum atomic E-state index is 6.16. The molecule has 0 spiro atoms. The standard InChI is InChI=1S/C17H27BrClNS/c1-13(2)20-11-10-17(7-4-3-5-8-17)9-6-14-12-15(19)16(18)21-14/h12-13,20H,3-11H2,1-2H3. The average molecular weight is 393 g/mol. The van der Waals surface area contributed by atoms with Crippen molar-refractivity contribution in [3.05, 3.63) is 19.8 Å². The zero-order valence-electron chi connectivity index (χ0n) is 13.2. The van der Waals surface area contributed by atoms with E-state index in [0.717, 1.165) is 15.4 Å². The molecule has 21 heavy (non-hydrogen) atoms. The molecule has 0 saturated heterocycles. The first kappa shape index (κ1) is 17.8. The highest BCUT2D eigenvalue weighted by Gasteiger charge is 2.31. The smallest absolute Gasteiger partial charge is 0.0887 e. The number of hydrogen-bond acceptors (Lipinski definition) is 2. The van der Waals surface area contributed by atoms with Gasteiger partial charge in [0.05, 0.1) is 8.81 Å². The topological polar surface area (TPSA) is 12.0 Å². The number of rotatable bonds is 7. The Labute approximate surface area is 147 Å². The van der Waals surface area contributed by atoms with E-state index in [4.69, 9.17) is 11.6 Å². The Morgan fingerprint density at radius 3 is 2.57 bits per heavy atom. The van der Waals surface area contributed by atoms with Gasteiger partial charge in [0.2, 0.25) is 0 Å². The van der Waals surface area contributed by atoms with Crippen LogP contribution in [0.15, 0.2) is 9.85 Å². The lowest BCUT2D eigenvalue weighted by Crippen LogP contribution is -2.32. The summed E-state index contributed by atoms with van der Waals surface area (Å²) in [7, 11) is 0. The molecule has 1 fully saturated rings. The molecular formula is C17H27BrClNS. The van der Waals surface area contributed by atoms with Crippen LogP contribution in [0.4, 0.5) is 0 Å². The summed E-state index contributed by atoms with van der Waals surface area (Å²) < 4.78 is 1.08. The van der Waals surface area contributed by atoms with Crippen LogP contribution in [0, 0.1) is 5.41 Å². The minimum Gasteiger partial charge on any atom is -0.315 e. The highest BCUT2D eigenvalue weighted by atomic mass is 79.9. The van der Waals surface area contributed by atoms with E-state index in [2.05, 4.69) is 41.2 Å². The molecule has 1 aromatic rings. The highest BCUT2D eigenvalue weighted by Crippen LogP contribution is 2.44. The number of hydrogen-bond donors (Lipinski definition) is 1. The summed E-state index contributed by atoms with van der Waals surface area (Å²) in [5.41, 5.74) is 0.559. The van der Waals surface area contributed by atoms with Crippen LogP contribution >= 0.6 is 38.9 Å². The molecule has 0 atom stereocenters. The van der Waals surface area contributed by atoms with Crippen LogP contribution in [0.5, 0.6) is 0 Å². The van der Waals surface area contributed by atoms with Crippen molar-refractivity contribution in [1.82, 2.24) is 5.32 Å². The van der Waals surface area contributed by atoms with E-state index in [-0.39, 0.29) is 0 Å². The minimum absolute atomic E-state index is 0.559. The molecule has 1 aliphatic rings. The summed E-state index contributed by atoms with van der Waals surface area (Å²) in [5, 5.41) is 4.47. The first-order valence-corrected chi connectivity index (χ1v) is 10.2. The van der Waals surface area contributed by atoms with Crippen LogP contribution in [0.25, 0.3) is 0 Å². The van der Waals surface area contributed by atoms with Crippen molar-refractivity contribution in [1.29, 1.82) is 0 Å². The number of nitrogens with one attached hydrogen (secondary N) is 1. The zero-order valence-corrected chi connectivity index (χ0v) is 16.3. The van der Waals surface area contributed by atoms with Crippen LogP contribution in [0.1, 0.15) is 63.7 Å². The average Bonchev–Trinajstić information content (AvgIpc) is 2.77. The van der Waals surface area contributed by atoms with Gasteiger partial charge >= 0.3 is 0 Å². The molecule has 0 unspecified atom stereocenters. The molecule has 0 aliphatic heterocycles. The largest absolute Gasteiger partial charge is 0.315 e. The predicted octanol–water partition coefficient (Wildman–Crippen LogP) is 6.44. The third-order valence-corrected chi connectivity index (χ3v) is 7.25. The molecular weight excluding hydrogens is 366 g/mol. The molecule has 1 N–H and O–H groups in total. The third kappa shape index (κ3) is 5.53. The van der Waals surface area contributed by atoms with Gasteiger partial charge in [-0.15, -0.1) is 11.3 Å². The summed E-state index contributed by atoms with van der Waals surface area (Å²) >= 11 is 11.5. The molecule has 0 aromatic carbocycles. The zero-order chi connectivity index (χ0) is 15.3. The van der Waals surface area contributed by atoms with Gasteiger partial charge in [0, 0.05) is 10.9 Å². The Morgan fingerprint density at radius 1 is 1.29 bits per heavy atom. The molecule has 2 rings (SSSR count). The molecule has 0 amide bonds. The summed E-state index contributed by atoms with van der Waals surface area (Å²) in [4.78, 5) is 1.42. The SMILES string of the molecule is CC(C)NCCC1(CCc2cc(Cl)c(Br)s2)CCCCC1. The Bertz CT molecular complexity index is 418. The molecule has 0 bridgehead atoms. The Kier molecular flexibility index (Phi) is 7.05. The first-order valence-electron chi connectivity index (χ1n) is 8.18. The van der Waals surface area contributed by atoms with Crippen LogP contribution in [0.2, 0.25) is 5.02 Å². The molecule has 4 heteroatoms. The van der Waals surface area contributed by atoms with E-state index in [9.17, 15) is 0 Å². The maximum absolute atomic E-state index is 6.16. The normalized spacial score (nSPS) is 18.3. The lowest BCUT2D eigenvalue weighted by atomic mass is 9.69. The molecule has 1 saturated carbocycles. The van der Waals surface area contributed by atoms with Gasteiger partial charge in [0.15, 0.2) is 0 Å². The van der Waals surface area contributed by atoms with Crippen LogP contribution in [-0.4, -0.2) is 12.6 Å². The number of thiophene rings is 1. The highest BCUT2D eigenvalue weighted by molar-refractivity contribution is 9.11. The second kappa shape index (κ2) is 8.33. The van der Waals surface area contributed by atoms with Crippen molar-refractivity contribution in [2.24, 2.45) is 5.41 Å². The van der Waals surface area contributed by atoms with Gasteiger partial charge in [-0.1, -0.05) is 44.7 Å². The predicted molar refractivity (Wildman–Crippen MR) is 98.6 cm³/mol. The van der Waals surface area contributed by atoms with Gasteiger partial charge in [-0.05, 0) is 66.1 Å². The van der Waals surface area contributed by atoms with Gasteiger partial charge in [-0.2, -0.15) is 0 Å². The number of halogens is 2. The third-order valence-electron chi connectivity index (χ3n) is 4.72. The van der Waals surface area contributed by atoms with Gasteiger partial charge < -0.3 is 5.32 Å². The summed E-state index contributed by atoms with van der Waals surface area (Å²) in [5.74, 6) is 0. The second-order valence-corrected chi connectivity index (χ2v) is 9.62. The van der Waals surface area contributed by atoms with E-state index in [1.807, 2.05) is 0 Å². The molecule has 1 aromatic heterocycles. The summed E-state index contributed by atoms with van der Waals surface area (Å²) in [6.45, 7) is 5.63. The Morgan fingerprint density at radius 2 is 2.00 bits per heavy atom. The van der Waals surface area contributed by atoms with Crippen molar-refractivity contribution in [3.8, 4) is 0 Å². The van der Waals surface area contributed by atoms with E-state index in [1.165, 1.54) is 56.2 Å². The lowest BCUT2D eigenvalue weighted by molar-refractivity contribution is 0.156. The van der Waals surface area contributed by atoms with E-state index < -0.39 is 0 Å². The Balaban J connectivity index is 1.92. The van der Waals surface area contributed by atoms with Gasteiger partial charge in [-0.25, -0.2) is 0 Å². The Hall–Kier alpha value is 0.430. The molecule has 1 nitrogen and oxygen atoms in total. The summed E-state index contributed by atoms with van der Waals surface area (Å²) in [6.07, 6.45) is 10.9. The fourth-order valence-corrected chi connectivity index (χ4v) is 5.27. The van der Waals surface area contributed by atoms with E-state index >= 15 is 0 Å². The van der Waals surface area contributed by atoms with Crippen LogP contribution in [0.3, 0.4) is 0 Å². The van der Waals surface area contributed by atoms with Crippen molar-refractivity contribution in [2.75, 3.05) is 6.54 Å². The maximum Gasteiger partial charge on any atom is 0.0887 e. The second-order valence-electron chi connectivity index (χ2n) is 6.75. The van der Waals surface area contributed by atoms with Crippen molar-refractivity contribution in [2.45, 2.75) is 71.3 Å².